The van der Waals surface area contributed by atoms with Gasteiger partial charge in [-0.05, 0) is 12.1 Å². The van der Waals surface area contributed by atoms with Crippen molar-refractivity contribution >= 4 is 5.65 Å². The van der Waals surface area contributed by atoms with E-state index in [4.69, 9.17) is 10.2 Å². The minimum atomic E-state index is -0.187. The number of nitrogens with zero attached hydrogens (tertiary/aromatic N) is 2. The molecular formula is C11H10N4O2. The molecule has 0 bridgehead atoms. The molecular weight excluding hydrogens is 220 g/mol. The highest BCUT2D eigenvalue weighted by atomic mass is 16.3. The Morgan fingerprint density at radius 1 is 1.47 bits per heavy atom. The predicted octanol–water partition coefficient (Wildman–Crippen LogP) is 0.741. The molecule has 0 saturated heterocycles. The van der Waals surface area contributed by atoms with E-state index in [0.29, 0.717) is 22.8 Å². The average Bonchev–Trinajstić information content (AvgIpc) is 2.96. The number of hydrogen-bond donors (Lipinski definition) is 2. The van der Waals surface area contributed by atoms with Crippen LogP contribution in [0.3, 0.4) is 0 Å². The fraction of sp³-hybridized carbons (Fsp3) is 0.0909. The molecule has 0 unspecified atom stereocenters. The van der Waals surface area contributed by atoms with Crippen molar-refractivity contribution in [3.05, 3.63) is 46.6 Å². The summed E-state index contributed by atoms with van der Waals surface area (Å²) in [4.78, 5) is 16.0. The molecule has 0 amide bonds. The van der Waals surface area contributed by atoms with E-state index in [1.807, 2.05) is 0 Å². The van der Waals surface area contributed by atoms with Crippen LogP contribution in [0.5, 0.6) is 0 Å². The van der Waals surface area contributed by atoms with Gasteiger partial charge >= 0.3 is 0 Å². The van der Waals surface area contributed by atoms with Crippen LogP contribution in [0, 0.1) is 0 Å². The zero-order chi connectivity index (χ0) is 11.8. The second-order valence-corrected chi connectivity index (χ2v) is 3.63. The minimum absolute atomic E-state index is 0.187. The van der Waals surface area contributed by atoms with Crippen molar-refractivity contribution in [2.45, 2.75) is 6.54 Å². The molecule has 3 rings (SSSR count). The topological polar surface area (TPSA) is 89.3 Å². The summed E-state index contributed by atoms with van der Waals surface area (Å²) in [5, 5.41) is 2.92. The zero-order valence-electron chi connectivity index (χ0n) is 8.88. The van der Waals surface area contributed by atoms with Crippen LogP contribution in [0.1, 0.15) is 5.69 Å². The van der Waals surface area contributed by atoms with Gasteiger partial charge in [0.2, 0.25) is 0 Å². The molecule has 0 saturated carbocycles. The Balaban J connectivity index is 2.26. The summed E-state index contributed by atoms with van der Waals surface area (Å²) in [5.41, 5.74) is 7.09. The molecule has 3 heterocycles. The molecule has 86 valence electrons. The lowest BCUT2D eigenvalue weighted by atomic mass is 10.3. The van der Waals surface area contributed by atoms with Crippen molar-refractivity contribution in [1.29, 1.82) is 0 Å². The summed E-state index contributed by atoms with van der Waals surface area (Å²) in [6.45, 7) is 0.243. The van der Waals surface area contributed by atoms with Crippen LogP contribution in [-0.4, -0.2) is 14.6 Å². The third-order valence-electron chi connectivity index (χ3n) is 2.50. The monoisotopic (exact) mass is 230 g/mol. The normalized spacial score (nSPS) is 11.1. The van der Waals surface area contributed by atoms with Gasteiger partial charge in [-0.25, -0.2) is 9.50 Å². The summed E-state index contributed by atoms with van der Waals surface area (Å²) in [7, 11) is 0. The van der Waals surface area contributed by atoms with Gasteiger partial charge in [-0.1, -0.05) is 0 Å². The fourth-order valence-electron chi connectivity index (χ4n) is 1.70. The molecule has 0 atom stereocenters. The van der Waals surface area contributed by atoms with Crippen LogP contribution < -0.4 is 11.3 Å². The van der Waals surface area contributed by atoms with E-state index < -0.39 is 0 Å². The standard InChI is InChI=1S/C11H10N4O2/c12-6-7-4-11(16)15-10(13-7)5-8(14-15)9-2-1-3-17-9/h1-5,14H,6,12H2. The number of H-pyrrole nitrogens is 1. The van der Waals surface area contributed by atoms with Crippen LogP contribution in [-0.2, 0) is 6.54 Å². The molecule has 3 aromatic heterocycles. The van der Waals surface area contributed by atoms with Crippen molar-refractivity contribution in [1.82, 2.24) is 14.6 Å². The highest BCUT2D eigenvalue weighted by Crippen LogP contribution is 2.18. The number of aromatic nitrogens is 3. The third-order valence-corrected chi connectivity index (χ3v) is 2.50. The first kappa shape index (κ1) is 9.86. The van der Waals surface area contributed by atoms with Crippen LogP contribution in [0.4, 0.5) is 0 Å². The Morgan fingerprint density at radius 3 is 3.06 bits per heavy atom. The lowest BCUT2D eigenvalue weighted by Gasteiger charge is -1.95. The summed E-state index contributed by atoms with van der Waals surface area (Å²) >= 11 is 0. The van der Waals surface area contributed by atoms with E-state index in [1.165, 1.54) is 10.6 Å². The first-order valence-electron chi connectivity index (χ1n) is 5.13. The van der Waals surface area contributed by atoms with Crippen LogP contribution in [0.25, 0.3) is 17.1 Å². The van der Waals surface area contributed by atoms with Crippen molar-refractivity contribution in [2.24, 2.45) is 5.73 Å². The van der Waals surface area contributed by atoms with Crippen LogP contribution in [0.15, 0.2) is 39.7 Å². The van der Waals surface area contributed by atoms with E-state index in [2.05, 4.69) is 10.1 Å². The van der Waals surface area contributed by atoms with E-state index >= 15 is 0 Å². The SMILES string of the molecule is NCc1cc(=O)n2[nH]c(-c3ccco3)cc2n1. The molecule has 0 aliphatic heterocycles. The molecule has 3 N–H and O–H groups in total. The van der Waals surface area contributed by atoms with Gasteiger partial charge in [-0.2, -0.15) is 0 Å². The minimum Gasteiger partial charge on any atom is -0.463 e. The van der Waals surface area contributed by atoms with Gasteiger partial charge in [0, 0.05) is 18.7 Å². The Morgan fingerprint density at radius 2 is 2.35 bits per heavy atom. The lowest BCUT2D eigenvalue weighted by molar-refractivity contribution is 0.579. The van der Waals surface area contributed by atoms with Crippen LogP contribution in [0.2, 0.25) is 0 Å². The maximum absolute atomic E-state index is 11.7. The Labute approximate surface area is 95.7 Å². The largest absolute Gasteiger partial charge is 0.463 e. The van der Waals surface area contributed by atoms with Crippen LogP contribution >= 0.6 is 0 Å². The molecule has 0 aliphatic carbocycles. The second-order valence-electron chi connectivity index (χ2n) is 3.63. The molecule has 6 nitrogen and oxygen atoms in total. The van der Waals surface area contributed by atoms with E-state index in [0.717, 1.165) is 0 Å². The summed E-state index contributed by atoms with van der Waals surface area (Å²) in [6.07, 6.45) is 1.57. The van der Waals surface area contributed by atoms with Gasteiger partial charge in [0.1, 0.15) is 5.69 Å². The molecule has 3 aromatic rings. The highest BCUT2D eigenvalue weighted by molar-refractivity contribution is 5.58. The van der Waals surface area contributed by atoms with Gasteiger partial charge in [0.05, 0.1) is 12.0 Å². The van der Waals surface area contributed by atoms with Crippen molar-refractivity contribution < 1.29 is 4.42 Å². The summed E-state index contributed by atoms with van der Waals surface area (Å²) in [5.74, 6) is 0.657. The number of furan rings is 1. The zero-order valence-corrected chi connectivity index (χ0v) is 8.88. The quantitative estimate of drug-likeness (QED) is 0.679. The van der Waals surface area contributed by atoms with Crippen molar-refractivity contribution in [2.75, 3.05) is 0 Å². The molecule has 17 heavy (non-hydrogen) atoms. The lowest BCUT2D eigenvalue weighted by Crippen LogP contribution is -2.16. The van der Waals surface area contributed by atoms with Crippen molar-refractivity contribution in [3.63, 3.8) is 0 Å². The van der Waals surface area contributed by atoms with E-state index in [9.17, 15) is 4.79 Å². The first-order valence-corrected chi connectivity index (χ1v) is 5.13. The van der Waals surface area contributed by atoms with E-state index in [-0.39, 0.29) is 12.1 Å². The number of nitrogens with two attached hydrogens (primary N) is 1. The van der Waals surface area contributed by atoms with Gasteiger partial charge in [-0.3, -0.25) is 9.89 Å². The van der Waals surface area contributed by atoms with Gasteiger partial charge in [0.15, 0.2) is 11.4 Å². The molecule has 0 aromatic carbocycles. The fourth-order valence-corrected chi connectivity index (χ4v) is 1.70. The maximum atomic E-state index is 11.7. The molecule has 0 aliphatic rings. The second kappa shape index (κ2) is 3.60. The number of fused-ring (bicyclic) bond motifs is 1. The Hall–Kier alpha value is -2.34. The van der Waals surface area contributed by atoms with Gasteiger partial charge < -0.3 is 10.2 Å². The maximum Gasteiger partial charge on any atom is 0.272 e. The van der Waals surface area contributed by atoms with E-state index in [1.54, 1.807) is 24.5 Å². The number of hydrogen-bond acceptors (Lipinski definition) is 4. The smallest absolute Gasteiger partial charge is 0.272 e. The number of nitrogens with one attached hydrogen (secondary N) is 1. The first-order chi connectivity index (χ1) is 8.28. The number of aromatic amines is 1. The van der Waals surface area contributed by atoms with Gasteiger partial charge in [-0.15, -0.1) is 0 Å². The average molecular weight is 230 g/mol. The summed E-state index contributed by atoms with van der Waals surface area (Å²) < 4.78 is 6.60. The molecule has 6 heteroatoms. The molecule has 0 radical (unpaired) electrons. The molecule has 0 spiro atoms. The van der Waals surface area contributed by atoms with Gasteiger partial charge in [0.25, 0.3) is 5.56 Å². The highest BCUT2D eigenvalue weighted by Gasteiger charge is 2.08. The Bertz CT molecular complexity index is 709. The number of rotatable bonds is 2. The van der Waals surface area contributed by atoms with Crippen molar-refractivity contribution in [3.8, 4) is 11.5 Å². The predicted molar refractivity (Wildman–Crippen MR) is 61.4 cm³/mol. The third kappa shape index (κ3) is 1.55. The molecule has 0 fully saturated rings. The summed E-state index contributed by atoms with van der Waals surface area (Å²) in [6, 6.07) is 6.75. The Kier molecular flexibility index (Phi) is 2.09.